The van der Waals surface area contributed by atoms with Crippen LogP contribution in [0.2, 0.25) is 0 Å². The van der Waals surface area contributed by atoms with Gasteiger partial charge in [-0.25, -0.2) is 9.79 Å². The Morgan fingerprint density at radius 2 is 1.96 bits per heavy atom. The van der Waals surface area contributed by atoms with Gasteiger partial charge in [0, 0.05) is 7.05 Å². The zero-order valence-corrected chi connectivity index (χ0v) is 15.0. The van der Waals surface area contributed by atoms with Gasteiger partial charge < -0.3 is 9.84 Å². The Morgan fingerprint density at radius 3 is 2.62 bits per heavy atom. The number of amidine groups is 1. The van der Waals surface area contributed by atoms with Gasteiger partial charge in [-0.15, -0.1) is 0 Å². The van der Waals surface area contributed by atoms with Crippen molar-refractivity contribution in [3.05, 3.63) is 64.6 Å². The van der Waals surface area contributed by atoms with Gasteiger partial charge in [0.15, 0.2) is 5.17 Å². The summed E-state index contributed by atoms with van der Waals surface area (Å²) in [7, 11) is 2.98. The van der Waals surface area contributed by atoms with Crippen molar-refractivity contribution in [2.75, 3.05) is 14.2 Å². The molecule has 1 fully saturated rings. The summed E-state index contributed by atoms with van der Waals surface area (Å²) in [5, 5.41) is 10.1. The molecular formula is C19H16N2O4S. The van der Waals surface area contributed by atoms with E-state index in [0.29, 0.717) is 21.3 Å². The summed E-state index contributed by atoms with van der Waals surface area (Å²) in [4.78, 5) is 30.3. The van der Waals surface area contributed by atoms with E-state index >= 15 is 0 Å². The fraction of sp³-hybridized carbons (Fsp3) is 0.105. The first-order valence-electron chi connectivity index (χ1n) is 7.71. The van der Waals surface area contributed by atoms with Crippen molar-refractivity contribution in [3.8, 4) is 5.75 Å². The van der Waals surface area contributed by atoms with E-state index in [0.717, 1.165) is 5.56 Å². The number of aliphatic imine (C=N–C) groups is 1. The highest BCUT2D eigenvalue weighted by molar-refractivity contribution is 8.18. The minimum Gasteiger partial charge on any atom is -0.508 e. The molecule has 2 aromatic carbocycles. The second-order valence-corrected chi connectivity index (χ2v) is 6.51. The first kappa shape index (κ1) is 17.8. The molecule has 0 unspecified atom stereocenters. The highest BCUT2D eigenvalue weighted by atomic mass is 32.2. The van der Waals surface area contributed by atoms with Crippen molar-refractivity contribution < 1.29 is 19.4 Å². The van der Waals surface area contributed by atoms with Crippen LogP contribution in [0.4, 0.5) is 5.69 Å². The number of nitrogens with zero attached hydrogens (tertiary/aromatic N) is 2. The SMILES string of the molecule is COC(=O)c1ccc(N=C2SC(=Cc3cccc(O)c3)C(=O)N2C)cc1. The number of ether oxygens (including phenoxy) is 1. The van der Waals surface area contributed by atoms with Crippen LogP contribution in [-0.2, 0) is 9.53 Å². The maximum absolute atomic E-state index is 12.4. The Morgan fingerprint density at radius 1 is 1.23 bits per heavy atom. The van der Waals surface area contributed by atoms with E-state index < -0.39 is 5.97 Å². The number of rotatable bonds is 3. The molecule has 7 heteroatoms. The van der Waals surface area contributed by atoms with Crippen molar-refractivity contribution >= 4 is 40.6 Å². The van der Waals surface area contributed by atoms with E-state index in [-0.39, 0.29) is 11.7 Å². The van der Waals surface area contributed by atoms with Crippen LogP contribution in [0.1, 0.15) is 15.9 Å². The molecule has 0 aliphatic carbocycles. The summed E-state index contributed by atoms with van der Waals surface area (Å²) in [6, 6.07) is 13.3. The lowest BCUT2D eigenvalue weighted by Gasteiger charge is -2.07. The average molecular weight is 368 g/mol. The number of thioether (sulfide) groups is 1. The van der Waals surface area contributed by atoms with Crippen LogP contribution < -0.4 is 0 Å². The van der Waals surface area contributed by atoms with Crippen molar-refractivity contribution in [1.29, 1.82) is 0 Å². The Kier molecular flexibility index (Phi) is 5.09. The van der Waals surface area contributed by atoms with Crippen LogP contribution >= 0.6 is 11.8 Å². The van der Waals surface area contributed by atoms with Gasteiger partial charge in [0.2, 0.25) is 0 Å². The molecule has 1 aliphatic heterocycles. The van der Waals surface area contributed by atoms with Gasteiger partial charge in [0.05, 0.1) is 23.3 Å². The normalized spacial score (nSPS) is 17.2. The fourth-order valence-corrected chi connectivity index (χ4v) is 3.30. The third-order valence-corrected chi connectivity index (χ3v) is 4.74. The number of likely N-dealkylation sites (N-methyl/N-ethyl adjacent to an activating group) is 1. The summed E-state index contributed by atoms with van der Waals surface area (Å²) in [6.07, 6.45) is 1.71. The van der Waals surface area contributed by atoms with Crippen LogP contribution in [0, 0.1) is 0 Å². The number of hydrogen-bond acceptors (Lipinski definition) is 6. The molecule has 1 heterocycles. The van der Waals surface area contributed by atoms with Crippen molar-refractivity contribution in [2.24, 2.45) is 4.99 Å². The number of carbonyl (C=O) groups is 2. The molecule has 2 aromatic rings. The van der Waals surface area contributed by atoms with Gasteiger partial charge in [0.25, 0.3) is 5.91 Å². The predicted molar refractivity (Wildman–Crippen MR) is 101 cm³/mol. The van der Waals surface area contributed by atoms with E-state index in [4.69, 9.17) is 0 Å². The fourth-order valence-electron chi connectivity index (χ4n) is 2.32. The number of aromatic hydroxyl groups is 1. The minimum absolute atomic E-state index is 0.141. The molecule has 0 radical (unpaired) electrons. The molecule has 1 saturated heterocycles. The zero-order chi connectivity index (χ0) is 18.7. The lowest BCUT2D eigenvalue weighted by atomic mass is 10.2. The number of hydrogen-bond donors (Lipinski definition) is 1. The first-order valence-corrected chi connectivity index (χ1v) is 8.53. The molecule has 1 amide bonds. The summed E-state index contributed by atoms with van der Waals surface area (Å²) < 4.78 is 4.66. The quantitative estimate of drug-likeness (QED) is 0.663. The summed E-state index contributed by atoms with van der Waals surface area (Å²) in [5.41, 5.74) is 1.79. The summed E-state index contributed by atoms with van der Waals surface area (Å²) in [6.45, 7) is 0. The number of carbonyl (C=O) groups excluding carboxylic acids is 2. The number of amides is 1. The predicted octanol–water partition coefficient (Wildman–Crippen LogP) is 3.41. The second-order valence-electron chi connectivity index (χ2n) is 5.50. The molecule has 26 heavy (non-hydrogen) atoms. The maximum Gasteiger partial charge on any atom is 0.337 e. The van der Waals surface area contributed by atoms with Crippen LogP contribution in [0.3, 0.4) is 0 Å². The van der Waals surface area contributed by atoms with E-state index in [1.165, 1.54) is 23.8 Å². The highest BCUT2D eigenvalue weighted by Gasteiger charge is 2.30. The van der Waals surface area contributed by atoms with Crippen LogP contribution in [-0.4, -0.2) is 41.2 Å². The molecule has 0 saturated carbocycles. The Balaban J connectivity index is 1.84. The Bertz CT molecular complexity index is 919. The minimum atomic E-state index is -0.414. The van der Waals surface area contributed by atoms with Crippen LogP contribution in [0.15, 0.2) is 58.4 Å². The molecule has 0 bridgehead atoms. The number of methoxy groups -OCH3 is 1. The van der Waals surface area contributed by atoms with E-state index in [2.05, 4.69) is 9.73 Å². The molecule has 0 aromatic heterocycles. The summed E-state index contributed by atoms with van der Waals surface area (Å²) in [5.74, 6) is -0.436. The standard InChI is InChI=1S/C19H16N2O4S/c1-21-17(23)16(11-12-4-3-5-15(22)10-12)26-19(21)20-14-8-6-13(7-9-14)18(24)25-2/h3-11,22H,1-2H3. The smallest absolute Gasteiger partial charge is 0.337 e. The molecule has 6 nitrogen and oxygen atoms in total. The largest absolute Gasteiger partial charge is 0.508 e. The molecule has 3 rings (SSSR count). The van der Waals surface area contributed by atoms with Crippen molar-refractivity contribution in [2.45, 2.75) is 0 Å². The molecule has 1 N–H and O–H groups in total. The third-order valence-electron chi connectivity index (χ3n) is 3.68. The monoisotopic (exact) mass is 368 g/mol. The van der Waals surface area contributed by atoms with E-state index in [1.54, 1.807) is 61.7 Å². The zero-order valence-electron chi connectivity index (χ0n) is 14.2. The summed E-state index contributed by atoms with van der Waals surface area (Å²) >= 11 is 1.25. The highest BCUT2D eigenvalue weighted by Crippen LogP contribution is 2.33. The average Bonchev–Trinajstić information content (AvgIpc) is 2.89. The molecular weight excluding hydrogens is 352 g/mol. The van der Waals surface area contributed by atoms with E-state index in [1.807, 2.05) is 0 Å². The van der Waals surface area contributed by atoms with Gasteiger partial charge in [-0.05, 0) is 59.8 Å². The van der Waals surface area contributed by atoms with Gasteiger partial charge >= 0.3 is 5.97 Å². The lowest BCUT2D eigenvalue weighted by molar-refractivity contribution is -0.121. The number of phenols is 1. The first-order chi connectivity index (χ1) is 12.5. The van der Waals surface area contributed by atoms with Gasteiger partial charge in [-0.2, -0.15) is 0 Å². The van der Waals surface area contributed by atoms with Gasteiger partial charge in [-0.1, -0.05) is 12.1 Å². The van der Waals surface area contributed by atoms with Gasteiger partial charge in [0.1, 0.15) is 5.75 Å². The van der Waals surface area contributed by atoms with Crippen LogP contribution in [0.25, 0.3) is 6.08 Å². The van der Waals surface area contributed by atoms with Crippen LogP contribution in [0.5, 0.6) is 5.75 Å². The Labute approximate surface area is 154 Å². The number of benzene rings is 2. The molecule has 0 atom stereocenters. The number of phenolic OH excluding ortho intramolecular Hbond substituents is 1. The topological polar surface area (TPSA) is 79.2 Å². The Hall–Kier alpha value is -3.06. The third kappa shape index (κ3) is 3.78. The van der Waals surface area contributed by atoms with Crippen molar-refractivity contribution in [3.63, 3.8) is 0 Å². The van der Waals surface area contributed by atoms with Crippen molar-refractivity contribution in [1.82, 2.24) is 4.90 Å². The second kappa shape index (κ2) is 7.45. The number of esters is 1. The van der Waals surface area contributed by atoms with Gasteiger partial charge in [-0.3, -0.25) is 9.69 Å². The molecule has 0 spiro atoms. The molecule has 1 aliphatic rings. The molecule has 132 valence electrons. The van der Waals surface area contributed by atoms with E-state index in [9.17, 15) is 14.7 Å². The maximum atomic E-state index is 12.4. The lowest BCUT2D eigenvalue weighted by Crippen LogP contribution is -2.23.